The SMILES string of the molecule is CC(C)=C1COc2ccccc2C1=C(C)C. The minimum absolute atomic E-state index is 0.694. The molecule has 0 amide bonds. The van der Waals surface area contributed by atoms with Gasteiger partial charge in [0, 0.05) is 5.56 Å². The summed E-state index contributed by atoms with van der Waals surface area (Å²) in [6.45, 7) is 9.33. The summed E-state index contributed by atoms with van der Waals surface area (Å²) in [4.78, 5) is 0. The number of rotatable bonds is 0. The van der Waals surface area contributed by atoms with Crippen molar-refractivity contribution in [3.8, 4) is 5.75 Å². The molecule has 1 heterocycles. The predicted molar refractivity (Wildman–Crippen MR) is 68.6 cm³/mol. The first-order valence-corrected chi connectivity index (χ1v) is 5.67. The summed E-state index contributed by atoms with van der Waals surface area (Å²) in [6, 6.07) is 8.27. The number of hydrogen-bond donors (Lipinski definition) is 0. The normalized spacial score (nSPS) is 14.2. The summed E-state index contributed by atoms with van der Waals surface area (Å²) in [5.41, 5.74) is 6.61. The molecule has 1 nitrogen and oxygen atoms in total. The fourth-order valence-corrected chi connectivity index (χ4v) is 2.15. The maximum atomic E-state index is 5.79. The highest BCUT2D eigenvalue weighted by Crippen LogP contribution is 2.38. The van der Waals surface area contributed by atoms with Crippen molar-refractivity contribution in [2.24, 2.45) is 0 Å². The maximum absolute atomic E-state index is 5.79. The Bertz CT molecular complexity index is 470. The Morgan fingerprint density at radius 1 is 1.00 bits per heavy atom. The third-order valence-corrected chi connectivity index (χ3v) is 2.93. The van der Waals surface area contributed by atoms with Crippen molar-refractivity contribution in [3.63, 3.8) is 0 Å². The third kappa shape index (κ3) is 1.78. The zero-order valence-electron chi connectivity index (χ0n) is 10.4. The van der Waals surface area contributed by atoms with Crippen molar-refractivity contribution in [2.75, 3.05) is 6.61 Å². The number of benzene rings is 1. The van der Waals surface area contributed by atoms with Crippen molar-refractivity contribution in [3.05, 3.63) is 46.5 Å². The zero-order chi connectivity index (χ0) is 11.7. The van der Waals surface area contributed by atoms with Crippen LogP contribution in [-0.4, -0.2) is 6.61 Å². The molecule has 0 saturated heterocycles. The van der Waals surface area contributed by atoms with E-state index in [1.54, 1.807) is 0 Å². The lowest BCUT2D eigenvalue weighted by Crippen LogP contribution is -2.13. The van der Waals surface area contributed by atoms with E-state index in [-0.39, 0.29) is 0 Å². The molecular formula is C15H18O. The molecule has 84 valence electrons. The van der Waals surface area contributed by atoms with E-state index in [0.29, 0.717) is 6.61 Å². The molecule has 0 aromatic heterocycles. The molecule has 0 radical (unpaired) electrons. The van der Waals surface area contributed by atoms with E-state index in [1.165, 1.54) is 27.9 Å². The van der Waals surface area contributed by atoms with Gasteiger partial charge in [-0.25, -0.2) is 0 Å². The zero-order valence-corrected chi connectivity index (χ0v) is 10.4. The van der Waals surface area contributed by atoms with E-state index < -0.39 is 0 Å². The Morgan fingerprint density at radius 2 is 1.69 bits per heavy atom. The smallest absolute Gasteiger partial charge is 0.127 e. The van der Waals surface area contributed by atoms with Gasteiger partial charge in [0.2, 0.25) is 0 Å². The fourth-order valence-electron chi connectivity index (χ4n) is 2.15. The van der Waals surface area contributed by atoms with Gasteiger partial charge in [-0.2, -0.15) is 0 Å². The molecule has 0 spiro atoms. The number of fused-ring (bicyclic) bond motifs is 1. The molecule has 0 unspecified atom stereocenters. The van der Waals surface area contributed by atoms with Gasteiger partial charge in [-0.05, 0) is 44.9 Å². The van der Waals surface area contributed by atoms with Crippen LogP contribution < -0.4 is 4.74 Å². The Balaban J connectivity index is 2.68. The summed E-state index contributed by atoms with van der Waals surface area (Å²) >= 11 is 0. The summed E-state index contributed by atoms with van der Waals surface area (Å²) in [7, 11) is 0. The van der Waals surface area contributed by atoms with Gasteiger partial charge in [0.25, 0.3) is 0 Å². The molecule has 1 aromatic carbocycles. The topological polar surface area (TPSA) is 9.23 Å². The molecule has 1 aliphatic heterocycles. The molecule has 2 rings (SSSR count). The number of para-hydroxylation sites is 1. The first-order valence-electron chi connectivity index (χ1n) is 5.67. The number of ether oxygens (including phenoxy) is 1. The lowest BCUT2D eigenvalue weighted by Gasteiger charge is -2.25. The lowest BCUT2D eigenvalue weighted by atomic mass is 9.89. The van der Waals surface area contributed by atoms with Crippen LogP contribution in [0.5, 0.6) is 5.75 Å². The molecule has 0 N–H and O–H groups in total. The van der Waals surface area contributed by atoms with Crippen LogP contribution in [0.3, 0.4) is 0 Å². The molecule has 0 saturated carbocycles. The molecular weight excluding hydrogens is 196 g/mol. The van der Waals surface area contributed by atoms with Crippen LogP contribution >= 0.6 is 0 Å². The van der Waals surface area contributed by atoms with Gasteiger partial charge in [0.05, 0.1) is 0 Å². The van der Waals surface area contributed by atoms with E-state index in [4.69, 9.17) is 4.74 Å². The van der Waals surface area contributed by atoms with Gasteiger partial charge >= 0.3 is 0 Å². The highest BCUT2D eigenvalue weighted by Gasteiger charge is 2.20. The van der Waals surface area contributed by atoms with Crippen LogP contribution in [0.4, 0.5) is 0 Å². The summed E-state index contributed by atoms with van der Waals surface area (Å²) in [5.74, 6) is 1.00. The van der Waals surface area contributed by atoms with Gasteiger partial charge in [-0.1, -0.05) is 29.3 Å². The quantitative estimate of drug-likeness (QED) is 0.628. The fraction of sp³-hybridized carbons (Fsp3) is 0.333. The van der Waals surface area contributed by atoms with E-state index >= 15 is 0 Å². The van der Waals surface area contributed by atoms with Crippen LogP contribution in [0, 0.1) is 0 Å². The van der Waals surface area contributed by atoms with Gasteiger partial charge < -0.3 is 4.74 Å². The molecule has 1 heteroatoms. The highest BCUT2D eigenvalue weighted by atomic mass is 16.5. The summed E-state index contributed by atoms with van der Waals surface area (Å²) in [6.07, 6.45) is 0. The number of allylic oxidation sites excluding steroid dienone is 2. The summed E-state index contributed by atoms with van der Waals surface area (Å²) in [5, 5.41) is 0. The van der Waals surface area contributed by atoms with E-state index in [1.807, 2.05) is 12.1 Å². The highest BCUT2D eigenvalue weighted by molar-refractivity contribution is 5.86. The average Bonchev–Trinajstić information content (AvgIpc) is 2.27. The Hall–Kier alpha value is -1.50. The molecule has 0 fully saturated rings. The minimum atomic E-state index is 0.694. The number of hydrogen-bond acceptors (Lipinski definition) is 1. The summed E-state index contributed by atoms with van der Waals surface area (Å²) < 4.78 is 5.79. The van der Waals surface area contributed by atoms with Gasteiger partial charge in [-0.3, -0.25) is 0 Å². The van der Waals surface area contributed by atoms with Gasteiger partial charge in [0.15, 0.2) is 0 Å². The Kier molecular flexibility index (Phi) is 2.86. The van der Waals surface area contributed by atoms with Gasteiger partial charge in [-0.15, -0.1) is 0 Å². The monoisotopic (exact) mass is 214 g/mol. The van der Waals surface area contributed by atoms with E-state index in [9.17, 15) is 0 Å². The van der Waals surface area contributed by atoms with Crippen molar-refractivity contribution in [2.45, 2.75) is 27.7 Å². The molecule has 0 atom stereocenters. The molecule has 16 heavy (non-hydrogen) atoms. The van der Waals surface area contributed by atoms with Crippen LogP contribution in [0.1, 0.15) is 33.3 Å². The maximum Gasteiger partial charge on any atom is 0.127 e. The van der Waals surface area contributed by atoms with E-state index in [0.717, 1.165) is 5.75 Å². The minimum Gasteiger partial charge on any atom is -0.488 e. The Morgan fingerprint density at radius 3 is 2.31 bits per heavy atom. The van der Waals surface area contributed by atoms with Crippen molar-refractivity contribution >= 4 is 5.57 Å². The molecule has 0 bridgehead atoms. The lowest BCUT2D eigenvalue weighted by molar-refractivity contribution is 0.347. The van der Waals surface area contributed by atoms with Crippen LogP contribution in [-0.2, 0) is 0 Å². The largest absolute Gasteiger partial charge is 0.488 e. The van der Waals surface area contributed by atoms with Crippen molar-refractivity contribution in [1.29, 1.82) is 0 Å². The first kappa shape index (κ1) is 11.0. The molecule has 1 aromatic rings. The second kappa shape index (κ2) is 4.17. The van der Waals surface area contributed by atoms with Crippen LogP contribution in [0.25, 0.3) is 5.57 Å². The van der Waals surface area contributed by atoms with Gasteiger partial charge in [0.1, 0.15) is 12.4 Å². The second-order valence-electron chi connectivity index (χ2n) is 4.64. The molecule has 0 aliphatic carbocycles. The third-order valence-electron chi connectivity index (χ3n) is 2.93. The second-order valence-corrected chi connectivity index (χ2v) is 4.64. The van der Waals surface area contributed by atoms with E-state index in [2.05, 4.69) is 39.8 Å². The predicted octanol–water partition coefficient (Wildman–Crippen LogP) is 4.21. The Labute approximate surface area is 97.4 Å². The average molecular weight is 214 g/mol. The molecule has 1 aliphatic rings. The van der Waals surface area contributed by atoms with Crippen molar-refractivity contribution in [1.82, 2.24) is 0 Å². The van der Waals surface area contributed by atoms with Crippen LogP contribution in [0.2, 0.25) is 0 Å². The first-order chi connectivity index (χ1) is 7.61. The van der Waals surface area contributed by atoms with Crippen molar-refractivity contribution < 1.29 is 4.74 Å². The van der Waals surface area contributed by atoms with Crippen LogP contribution in [0.15, 0.2) is 41.0 Å². The standard InChI is InChI=1S/C15H18O/c1-10(2)13-9-16-14-8-6-5-7-12(14)15(13)11(3)4/h5-8H,9H2,1-4H3.